The molecule has 0 bridgehead atoms. The van der Waals surface area contributed by atoms with Crippen molar-refractivity contribution in [3.8, 4) is 11.5 Å². The van der Waals surface area contributed by atoms with Crippen LogP contribution >= 0.6 is 33.9 Å². The van der Waals surface area contributed by atoms with Crippen molar-refractivity contribution in [2.24, 2.45) is 0 Å². The summed E-state index contributed by atoms with van der Waals surface area (Å²) >= 11 is 3.66. The minimum Gasteiger partial charge on any atom is -0.504 e. The van der Waals surface area contributed by atoms with Gasteiger partial charge in [0, 0.05) is 15.2 Å². The van der Waals surface area contributed by atoms with Crippen molar-refractivity contribution in [2.75, 3.05) is 11.0 Å². The first-order valence-corrected chi connectivity index (χ1v) is 5.25. The molecule has 10 heavy (non-hydrogen) atoms. The van der Waals surface area contributed by atoms with E-state index in [1.165, 1.54) is 11.3 Å². The summed E-state index contributed by atoms with van der Waals surface area (Å²) in [5.41, 5.74) is 0. The lowest BCUT2D eigenvalue weighted by molar-refractivity contribution is 0.325. The third kappa shape index (κ3) is 2.02. The molecule has 0 aliphatic heterocycles. The summed E-state index contributed by atoms with van der Waals surface area (Å²) in [5, 5.41) is 12.5. The molecule has 0 radical (unpaired) electrons. The highest BCUT2D eigenvalue weighted by Gasteiger charge is 2.00. The summed E-state index contributed by atoms with van der Waals surface area (Å²) in [4.78, 5) is 0. The zero-order valence-corrected chi connectivity index (χ0v) is 8.18. The minimum atomic E-state index is 0.245. The van der Waals surface area contributed by atoms with Gasteiger partial charge in [-0.2, -0.15) is 0 Å². The Morgan fingerprint density at radius 3 is 2.90 bits per heavy atom. The molecule has 56 valence electrons. The molecule has 4 heteroatoms. The van der Waals surface area contributed by atoms with Gasteiger partial charge in [-0.25, -0.2) is 0 Å². The highest BCUT2D eigenvalue weighted by molar-refractivity contribution is 14.1. The molecule has 1 rings (SSSR count). The van der Waals surface area contributed by atoms with Crippen LogP contribution in [0.4, 0.5) is 0 Å². The van der Waals surface area contributed by atoms with Gasteiger partial charge in [-0.05, 0) is 0 Å². The first-order valence-electron chi connectivity index (χ1n) is 2.78. The van der Waals surface area contributed by atoms with E-state index in [2.05, 4.69) is 22.6 Å². The molecule has 0 atom stereocenters. The Labute approximate surface area is 77.0 Å². The van der Waals surface area contributed by atoms with Crippen LogP contribution in [0.15, 0.2) is 10.8 Å². The quantitative estimate of drug-likeness (QED) is 0.674. The van der Waals surface area contributed by atoms with Gasteiger partial charge in [0.25, 0.3) is 0 Å². The molecule has 0 amide bonds. The Hall–Kier alpha value is 0.0300. The van der Waals surface area contributed by atoms with E-state index in [0.717, 1.165) is 4.43 Å². The number of aromatic hydroxyl groups is 1. The number of thiophene rings is 1. The molecule has 0 saturated heterocycles. The van der Waals surface area contributed by atoms with E-state index in [-0.39, 0.29) is 5.75 Å². The number of ether oxygens (including phenoxy) is 1. The van der Waals surface area contributed by atoms with Gasteiger partial charge in [0.2, 0.25) is 0 Å². The van der Waals surface area contributed by atoms with Crippen LogP contribution in [0.25, 0.3) is 0 Å². The highest BCUT2D eigenvalue weighted by Crippen LogP contribution is 2.29. The zero-order valence-electron chi connectivity index (χ0n) is 5.21. The smallest absolute Gasteiger partial charge is 0.171 e. The van der Waals surface area contributed by atoms with Crippen LogP contribution < -0.4 is 4.74 Å². The van der Waals surface area contributed by atoms with Gasteiger partial charge in [-0.1, -0.05) is 22.6 Å². The second-order valence-electron chi connectivity index (χ2n) is 1.66. The lowest BCUT2D eigenvalue weighted by atomic mass is 10.5. The van der Waals surface area contributed by atoms with Crippen LogP contribution in [0.5, 0.6) is 11.5 Å². The summed E-state index contributed by atoms with van der Waals surface area (Å²) < 4.78 is 6.12. The van der Waals surface area contributed by atoms with Crippen LogP contribution in [0, 0.1) is 0 Å². The maximum absolute atomic E-state index is 9.06. The van der Waals surface area contributed by atoms with Gasteiger partial charge in [-0.15, -0.1) is 11.3 Å². The Balaban J connectivity index is 2.49. The van der Waals surface area contributed by atoms with Crippen molar-refractivity contribution < 1.29 is 9.84 Å². The van der Waals surface area contributed by atoms with Crippen LogP contribution in [0.2, 0.25) is 0 Å². The lowest BCUT2D eigenvalue weighted by Gasteiger charge is -1.99. The fourth-order valence-corrected chi connectivity index (χ4v) is 1.38. The summed E-state index contributed by atoms with van der Waals surface area (Å²) in [5.74, 6) is 0.844. The van der Waals surface area contributed by atoms with E-state index < -0.39 is 0 Å². The number of rotatable bonds is 3. The molecule has 0 unspecified atom stereocenters. The predicted octanol–water partition coefficient (Wildman–Crippen LogP) is 2.27. The lowest BCUT2D eigenvalue weighted by Crippen LogP contribution is -1.95. The summed E-state index contributed by atoms with van der Waals surface area (Å²) in [6.45, 7) is 0.658. The first kappa shape index (κ1) is 8.13. The SMILES string of the molecule is Oc1cscc1OCCI. The average Bonchev–Trinajstić information content (AvgIpc) is 2.31. The van der Waals surface area contributed by atoms with Gasteiger partial charge in [0.15, 0.2) is 11.5 Å². The fourth-order valence-electron chi connectivity index (χ4n) is 0.535. The molecule has 0 spiro atoms. The molecule has 0 fully saturated rings. The summed E-state index contributed by atoms with van der Waals surface area (Å²) in [6, 6.07) is 0. The number of hydrogen-bond donors (Lipinski definition) is 1. The van der Waals surface area contributed by atoms with E-state index >= 15 is 0 Å². The fraction of sp³-hybridized carbons (Fsp3) is 0.333. The third-order valence-electron chi connectivity index (χ3n) is 0.942. The number of halogens is 1. The largest absolute Gasteiger partial charge is 0.504 e. The van der Waals surface area contributed by atoms with Gasteiger partial charge in [-0.3, -0.25) is 0 Å². The Kier molecular flexibility index (Phi) is 3.27. The topological polar surface area (TPSA) is 29.5 Å². The minimum absolute atomic E-state index is 0.245. The average molecular weight is 270 g/mol. The van der Waals surface area contributed by atoms with E-state index in [0.29, 0.717) is 12.4 Å². The summed E-state index contributed by atoms with van der Waals surface area (Å²) in [7, 11) is 0. The number of hydrogen-bond acceptors (Lipinski definition) is 3. The van der Waals surface area contributed by atoms with E-state index in [1.54, 1.807) is 10.8 Å². The monoisotopic (exact) mass is 270 g/mol. The van der Waals surface area contributed by atoms with Crippen molar-refractivity contribution in [1.82, 2.24) is 0 Å². The Morgan fingerprint density at radius 1 is 1.60 bits per heavy atom. The molecule has 0 aliphatic carbocycles. The van der Waals surface area contributed by atoms with Crippen molar-refractivity contribution in [3.05, 3.63) is 10.8 Å². The van der Waals surface area contributed by atoms with Gasteiger partial charge in [0.1, 0.15) is 0 Å². The van der Waals surface area contributed by atoms with E-state index in [4.69, 9.17) is 9.84 Å². The molecule has 0 saturated carbocycles. The summed E-state index contributed by atoms with van der Waals surface area (Å²) in [6.07, 6.45) is 0. The van der Waals surface area contributed by atoms with Crippen molar-refractivity contribution in [2.45, 2.75) is 0 Å². The Morgan fingerprint density at radius 2 is 2.40 bits per heavy atom. The van der Waals surface area contributed by atoms with Crippen LogP contribution in [-0.2, 0) is 0 Å². The van der Waals surface area contributed by atoms with Crippen LogP contribution in [0.1, 0.15) is 0 Å². The molecular weight excluding hydrogens is 263 g/mol. The van der Waals surface area contributed by atoms with Crippen LogP contribution in [-0.4, -0.2) is 16.1 Å². The second-order valence-corrected chi connectivity index (χ2v) is 3.48. The molecule has 0 aromatic carbocycles. The van der Waals surface area contributed by atoms with Crippen LogP contribution in [0.3, 0.4) is 0 Å². The molecule has 1 heterocycles. The molecule has 1 aromatic rings. The van der Waals surface area contributed by atoms with E-state index in [9.17, 15) is 0 Å². The predicted molar refractivity (Wildman–Crippen MR) is 50.4 cm³/mol. The number of alkyl halides is 1. The standard InChI is InChI=1S/C6H7IO2S/c7-1-2-9-6-4-10-3-5(6)8/h3-4,8H,1-2H2. The second kappa shape index (κ2) is 4.02. The molecular formula is C6H7IO2S. The normalized spacial score (nSPS) is 9.70. The maximum atomic E-state index is 9.06. The third-order valence-corrected chi connectivity index (χ3v) is 2.09. The zero-order chi connectivity index (χ0) is 7.40. The Bertz CT molecular complexity index is 199. The van der Waals surface area contributed by atoms with Gasteiger partial charge < -0.3 is 9.84 Å². The molecule has 0 aliphatic rings. The van der Waals surface area contributed by atoms with Gasteiger partial charge in [0.05, 0.1) is 6.61 Å². The van der Waals surface area contributed by atoms with Gasteiger partial charge >= 0.3 is 0 Å². The van der Waals surface area contributed by atoms with E-state index in [1.807, 2.05) is 0 Å². The van der Waals surface area contributed by atoms with Crippen molar-refractivity contribution in [1.29, 1.82) is 0 Å². The van der Waals surface area contributed by atoms with Crippen molar-refractivity contribution >= 4 is 33.9 Å². The molecule has 2 nitrogen and oxygen atoms in total. The molecule has 1 aromatic heterocycles. The highest BCUT2D eigenvalue weighted by atomic mass is 127. The van der Waals surface area contributed by atoms with Crippen molar-refractivity contribution in [3.63, 3.8) is 0 Å². The first-order chi connectivity index (χ1) is 4.84. The molecule has 1 N–H and O–H groups in total. The maximum Gasteiger partial charge on any atom is 0.171 e.